The fraction of sp³-hybridized carbons (Fsp3) is 0.385. The van der Waals surface area contributed by atoms with E-state index >= 15 is 0 Å². The Morgan fingerprint density at radius 3 is 2.29 bits per heavy atom. The predicted octanol–water partition coefficient (Wildman–Crippen LogP) is 4.39. The summed E-state index contributed by atoms with van der Waals surface area (Å²) in [6.45, 7) is 8.11. The van der Waals surface area contributed by atoms with Crippen LogP contribution in [0.3, 0.4) is 0 Å². The lowest BCUT2D eigenvalue weighted by Crippen LogP contribution is -2.12. The second kappa shape index (κ2) is 4.59. The zero-order valence-corrected chi connectivity index (χ0v) is 12.8. The van der Waals surface area contributed by atoms with Gasteiger partial charge < -0.3 is 10.2 Å². The highest BCUT2D eigenvalue weighted by molar-refractivity contribution is 9.10. The zero-order valence-electron chi connectivity index (χ0n) is 10.4. The lowest BCUT2D eigenvalue weighted by atomic mass is 10.0. The Morgan fingerprint density at radius 2 is 1.88 bits per heavy atom. The summed E-state index contributed by atoms with van der Waals surface area (Å²) in [4.78, 5) is 2.42. The van der Waals surface area contributed by atoms with Crippen molar-refractivity contribution in [1.82, 2.24) is 0 Å². The van der Waals surface area contributed by atoms with Crippen molar-refractivity contribution >= 4 is 27.3 Å². The molecule has 1 atom stereocenters. The molecular formula is C13H16BrNOS. The predicted molar refractivity (Wildman–Crippen MR) is 75.7 cm³/mol. The number of thiophene rings is 1. The van der Waals surface area contributed by atoms with Crippen LogP contribution in [0.25, 0.3) is 0 Å². The van der Waals surface area contributed by atoms with Gasteiger partial charge in [0.15, 0.2) is 0 Å². The second-order valence-electron chi connectivity index (χ2n) is 4.30. The zero-order chi connectivity index (χ0) is 12.7. The van der Waals surface area contributed by atoms with E-state index in [0.29, 0.717) is 0 Å². The molecule has 2 nitrogen and oxygen atoms in total. The minimum atomic E-state index is -0.111. The molecule has 92 valence electrons. The van der Waals surface area contributed by atoms with Gasteiger partial charge in [-0.2, -0.15) is 0 Å². The average Bonchev–Trinajstić information content (AvgIpc) is 2.68. The second-order valence-corrected chi connectivity index (χ2v) is 6.44. The first kappa shape index (κ1) is 12.9. The first-order valence-corrected chi connectivity index (χ1v) is 7.10. The fourth-order valence-electron chi connectivity index (χ4n) is 2.11. The molecule has 2 aromatic heterocycles. The first-order chi connectivity index (χ1) is 7.91. The molecule has 0 saturated carbocycles. The van der Waals surface area contributed by atoms with Gasteiger partial charge in [-0.25, -0.2) is 0 Å². The van der Waals surface area contributed by atoms with E-state index in [1.54, 1.807) is 11.3 Å². The van der Waals surface area contributed by atoms with E-state index in [1.807, 2.05) is 13.8 Å². The SMILES string of the molecule is Cc1cc(Br)c(C(N)c2c(C)oc(C)c2C)s1. The van der Waals surface area contributed by atoms with Crippen LogP contribution in [0.5, 0.6) is 0 Å². The molecule has 2 aromatic rings. The summed E-state index contributed by atoms with van der Waals surface area (Å²) < 4.78 is 6.73. The van der Waals surface area contributed by atoms with Crippen LogP contribution in [0.15, 0.2) is 15.0 Å². The number of hydrogen-bond acceptors (Lipinski definition) is 3. The molecule has 2 N–H and O–H groups in total. The highest BCUT2D eigenvalue weighted by Crippen LogP contribution is 2.37. The minimum absolute atomic E-state index is 0.111. The molecule has 0 aliphatic heterocycles. The van der Waals surface area contributed by atoms with Crippen molar-refractivity contribution in [1.29, 1.82) is 0 Å². The summed E-state index contributed by atoms with van der Waals surface area (Å²) in [6, 6.07) is 2.00. The summed E-state index contributed by atoms with van der Waals surface area (Å²) >= 11 is 5.30. The highest BCUT2D eigenvalue weighted by atomic mass is 79.9. The van der Waals surface area contributed by atoms with E-state index in [9.17, 15) is 0 Å². The van der Waals surface area contributed by atoms with Gasteiger partial charge in [0.05, 0.1) is 6.04 Å². The lowest BCUT2D eigenvalue weighted by molar-refractivity contribution is 0.498. The summed E-state index contributed by atoms with van der Waals surface area (Å²) in [7, 11) is 0. The van der Waals surface area contributed by atoms with E-state index in [0.717, 1.165) is 32.0 Å². The van der Waals surface area contributed by atoms with Crippen molar-refractivity contribution in [3.05, 3.63) is 42.9 Å². The van der Waals surface area contributed by atoms with Gasteiger partial charge in [-0.15, -0.1) is 11.3 Å². The monoisotopic (exact) mass is 313 g/mol. The van der Waals surface area contributed by atoms with Crippen molar-refractivity contribution in [2.75, 3.05) is 0 Å². The Balaban J connectivity index is 2.50. The number of rotatable bonds is 2. The standard InChI is InChI=1S/C13H16BrNOS/c1-6-5-10(14)13(17-6)12(15)11-7(2)8(3)16-9(11)4/h5,12H,15H2,1-4H3. The lowest BCUT2D eigenvalue weighted by Gasteiger charge is -2.11. The molecule has 0 aliphatic carbocycles. The van der Waals surface area contributed by atoms with Crippen molar-refractivity contribution in [2.45, 2.75) is 33.7 Å². The van der Waals surface area contributed by atoms with E-state index < -0.39 is 0 Å². The highest BCUT2D eigenvalue weighted by Gasteiger charge is 2.22. The van der Waals surface area contributed by atoms with Gasteiger partial charge >= 0.3 is 0 Å². The third-order valence-corrected chi connectivity index (χ3v) is 5.10. The van der Waals surface area contributed by atoms with Crippen molar-refractivity contribution in [2.24, 2.45) is 5.73 Å². The smallest absolute Gasteiger partial charge is 0.106 e. The molecule has 0 fully saturated rings. The van der Waals surface area contributed by atoms with E-state index in [-0.39, 0.29) is 6.04 Å². The van der Waals surface area contributed by atoms with Crippen LogP contribution in [0.2, 0.25) is 0 Å². The minimum Gasteiger partial charge on any atom is -0.466 e. The molecular weight excluding hydrogens is 298 g/mol. The molecule has 17 heavy (non-hydrogen) atoms. The molecule has 0 amide bonds. The Labute approximate surface area is 114 Å². The van der Waals surface area contributed by atoms with Gasteiger partial charge in [-0.3, -0.25) is 0 Å². The third kappa shape index (κ3) is 2.21. The van der Waals surface area contributed by atoms with Crippen LogP contribution in [0.1, 0.15) is 38.4 Å². The van der Waals surface area contributed by atoms with E-state index in [2.05, 4.69) is 35.8 Å². The van der Waals surface area contributed by atoms with Crippen molar-refractivity contribution in [3.8, 4) is 0 Å². The molecule has 1 unspecified atom stereocenters. The number of hydrogen-bond donors (Lipinski definition) is 1. The summed E-state index contributed by atoms with van der Waals surface area (Å²) in [6.07, 6.45) is 0. The van der Waals surface area contributed by atoms with Crippen LogP contribution in [0.4, 0.5) is 0 Å². The molecule has 0 radical (unpaired) electrons. The van der Waals surface area contributed by atoms with E-state index in [4.69, 9.17) is 10.2 Å². The maximum atomic E-state index is 6.37. The topological polar surface area (TPSA) is 39.2 Å². The van der Waals surface area contributed by atoms with Crippen molar-refractivity contribution < 1.29 is 4.42 Å². The average molecular weight is 314 g/mol. The van der Waals surface area contributed by atoms with Gasteiger partial charge in [-0.05, 0) is 55.3 Å². The Kier molecular flexibility index (Phi) is 3.48. The van der Waals surface area contributed by atoms with Crippen LogP contribution < -0.4 is 5.73 Å². The Bertz CT molecular complexity index is 556. The van der Waals surface area contributed by atoms with Crippen LogP contribution in [0, 0.1) is 27.7 Å². The van der Waals surface area contributed by atoms with E-state index in [1.165, 1.54) is 4.88 Å². The Hall–Kier alpha value is -0.580. The molecule has 0 aromatic carbocycles. The van der Waals surface area contributed by atoms with Crippen LogP contribution >= 0.6 is 27.3 Å². The normalized spacial score (nSPS) is 13.1. The molecule has 2 heterocycles. The molecule has 0 spiro atoms. The van der Waals surface area contributed by atoms with Crippen LogP contribution in [-0.4, -0.2) is 0 Å². The summed E-state index contributed by atoms with van der Waals surface area (Å²) in [5.41, 5.74) is 8.64. The van der Waals surface area contributed by atoms with Gasteiger partial charge in [0.25, 0.3) is 0 Å². The molecule has 2 rings (SSSR count). The van der Waals surface area contributed by atoms with Crippen molar-refractivity contribution in [3.63, 3.8) is 0 Å². The third-order valence-electron chi connectivity index (χ3n) is 3.05. The largest absolute Gasteiger partial charge is 0.466 e. The van der Waals surface area contributed by atoms with Gasteiger partial charge in [0.2, 0.25) is 0 Å². The van der Waals surface area contributed by atoms with Gasteiger partial charge in [0, 0.05) is 19.8 Å². The first-order valence-electron chi connectivity index (χ1n) is 5.49. The molecule has 4 heteroatoms. The molecule has 0 aliphatic rings. The Morgan fingerprint density at radius 1 is 1.24 bits per heavy atom. The molecule has 0 saturated heterocycles. The number of nitrogens with two attached hydrogens (primary N) is 1. The van der Waals surface area contributed by atoms with Crippen LogP contribution in [-0.2, 0) is 0 Å². The molecule has 0 bridgehead atoms. The van der Waals surface area contributed by atoms with Gasteiger partial charge in [0.1, 0.15) is 11.5 Å². The maximum Gasteiger partial charge on any atom is 0.106 e. The number of aryl methyl sites for hydroxylation is 3. The van der Waals surface area contributed by atoms with Gasteiger partial charge in [-0.1, -0.05) is 0 Å². The maximum absolute atomic E-state index is 6.37. The number of halogens is 1. The fourth-order valence-corrected chi connectivity index (χ4v) is 4.02. The summed E-state index contributed by atoms with van der Waals surface area (Å²) in [5, 5.41) is 0. The quantitative estimate of drug-likeness (QED) is 0.893. The summed E-state index contributed by atoms with van der Waals surface area (Å²) in [5.74, 6) is 1.88. The number of furan rings is 1.